The van der Waals surface area contributed by atoms with Gasteiger partial charge in [-0.15, -0.1) is 10.2 Å². The van der Waals surface area contributed by atoms with E-state index in [1.165, 1.54) is 7.11 Å². The first-order valence-corrected chi connectivity index (χ1v) is 5.68. The molecule has 0 saturated heterocycles. The molecule has 18 heavy (non-hydrogen) atoms. The monoisotopic (exact) mass is 254 g/mol. The number of nitrogens with zero attached hydrogens (tertiary/aromatic N) is 2. The number of aliphatic hydroxyl groups is 1. The Hall–Kier alpha value is -1.73. The van der Waals surface area contributed by atoms with Crippen LogP contribution in [0.5, 0.6) is 0 Å². The third-order valence-corrected chi connectivity index (χ3v) is 2.11. The SMILES string of the molecule is COC(=O)c1ccc(NCCNCC(C)O)nn1. The molecule has 0 aliphatic rings. The van der Waals surface area contributed by atoms with Crippen molar-refractivity contribution in [2.24, 2.45) is 0 Å². The van der Waals surface area contributed by atoms with Crippen molar-refractivity contribution >= 4 is 11.8 Å². The summed E-state index contributed by atoms with van der Waals surface area (Å²) in [6.45, 7) is 3.62. The Morgan fingerprint density at radius 1 is 1.44 bits per heavy atom. The molecule has 1 atom stereocenters. The Labute approximate surface area is 106 Å². The first kappa shape index (κ1) is 14.3. The molecule has 0 radical (unpaired) electrons. The van der Waals surface area contributed by atoms with E-state index >= 15 is 0 Å². The van der Waals surface area contributed by atoms with Crippen molar-refractivity contribution in [3.05, 3.63) is 17.8 Å². The topological polar surface area (TPSA) is 96.4 Å². The van der Waals surface area contributed by atoms with E-state index in [9.17, 15) is 4.79 Å². The lowest BCUT2D eigenvalue weighted by Crippen LogP contribution is -2.29. The van der Waals surface area contributed by atoms with Crippen LogP contribution in [0.15, 0.2) is 12.1 Å². The van der Waals surface area contributed by atoms with Crippen molar-refractivity contribution in [2.45, 2.75) is 13.0 Å². The molecule has 7 nitrogen and oxygen atoms in total. The fraction of sp³-hybridized carbons (Fsp3) is 0.545. The van der Waals surface area contributed by atoms with E-state index in [-0.39, 0.29) is 11.8 Å². The molecule has 1 aromatic heterocycles. The number of hydrogen-bond donors (Lipinski definition) is 3. The number of carbonyl (C=O) groups excluding carboxylic acids is 1. The largest absolute Gasteiger partial charge is 0.464 e. The summed E-state index contributed by atoms with van der Waals surface area (Å²) in [5, 5.41) is 22.7. The maximum atomic E-state index is 11.1. The van der Waals surface area contributed by atoms with Crippen LogP contribution in [0, 0.1) is 0 Å². The summed E-state index contributed by atoms with van der Waals surface area (Å²) in [4.78, 5) is 11.1. The Bertz CT molecular complexity index is 367. The Morgan fingerprint density at radius 3 is 2.78 bits per heavy atom. The molecule has 0 aliphatic carbocycles. The summed E-state index contributed by atoms with van der Waals surface area (Å²) in [5.74, 6) is 0.0779. The highest BCUT2D eigenvalue weighted by Gasteiger charge is 2.06. The lowest BCUT2D eigenvalue weighted by molar-refractivity contribution is 0.0592. The van der Waals surface area contributed by atoms with Gasteiger partial charge in [0.05, 0.1) is 13.2 Å². The average Bonchev–Trinajstić information content (AvgIpc) is 2.38. The minimum Gasteiger partial charge on any atom is -0.464 e. The van der Waals surface area contributed by atoms with Gasteiger partial charge in [0.2, 0.25) is 0 Å². The number of hydrogen-bond acceptors (Lipinski definition) is 7. The summed E-state index contributed by atoms with van der Waals surface area (Å²) in [5.41, 5.74) is 0.176. The van der Waals surface area contributed by atoms with Crippen LogP contribution in [0.4, 0.5) is 5.82 Å². The molecule has 7 heteroatoms. The standard InChI is InChI=1S/C11H18N4O3/c1-8(16)7-12-5-6-13-10-4-3-9(14-15-10)11(17)18-2/h3-4,8,12,16H,5-7H2,1-2H3,(H,13,15). The van der Waals surface area contributed by atoms with Crippen LogP contribution in [0.3, 0.4) is 0 Å². The van der Waals surface area contributed by atoms with Gasteiger partial charge in [0.25, 0.3) is 0 Å². The Balaban J connectivity index is 2.29. The molecule has 0 aromatic carbocycles. The molecule has 0 amide bonds. The van der Waals surface area contributed by atoms with Crippen molar-refractivity contribution in [1.29, 1.82) is 0 Å². The summed E-state index contributed by atoms with van der Waals surface area (Å²) in [7, 11) is 1.30. The molecule has 0 aliphatic heterocycles. The quantitative estimate of drug-likeness (QED) is 0.452. The molecule has 1 rings (SSSR count). The van der Waals surface area contributed by atoms with E-state index in [1.54, 1.807) is 19.1 Å². The van der Waals surface area contributed by atoms with E-state index in [1.807, 2.05) is 0 Å². The molecule has 0 saturated carbocycles. The predicted octanol–water partition coefficient (Wildman–Crippen LogP) is -0.355. The maximum Gasteiger partial charge on any atom is 0.358 e. The van der Waals surface area contributed by atoms with Crippen LogP contribution >= 0.6 is 0 Å². The predicted molar refractivity (Wildman–Crippen MR) is 66.4 cm³/mol. The summed E-state index contributed by atoms with van der Waals surface area (Å²) in [6, 6.07) is 3.21. The number of nitrogens with one attached hydrogen (secondary N) is 2. The van der Waals surface area contributed by atoms with Gasteiger partial charge < -0.3 is 20.5 Å². The van der Waals surface area contributed by atoms with Gasteiger partial charge in [-0.3, -0.25) is 0 Å². The van der Waals surface area contributed by atoms with Crippen molar-refractivity contribution in [3.63, 3.8) is 0 Å². The second-order valence-electron chi connectivity index (χ2n) is 3.78. The van der Waals surface area contributed by atoms with Crippen LogP contribution in [-0.2, 0) is 4.74 Å². The highest BCUT2D eigenvalue weighted by atomic mass is 16.5. The third kappa shape index (κ3) is 5.07. The van der Waals surface area contributed by atoms with E-state index in [4.69, 9.17) is 5.11 Å². The zero-order chi connectivity index (χ0) is 13.4. The molecule has 1 aromatic rings. The third-order valence-electron chi connectivity index (χ3n) is 2.11. The van der Waals surface area contributed by atoms with E-state index < -0.39 is 5.97 Å². The Morgan fingerprint density at radius 2 is 2.22 bits per heavy atom. The number of esters is 1. The van der Waals surface area contributed by atoms with Crippen LogP contribution in [-0.4, -0.2) is 54.1 Å². The lowest BCUT2D eigenvalue weighted by Gasteiger charge is -2.08. The van der Waals surface area contributed by atoms with Gasteiger partial charge >= 0.3 is 5.97 Å². The fourth-order valence-electron chi connectivity index (χ4n) is 1.23. The van der Waals surface area contributed by atoms with Gasteiger partial charge in [-0.25, -0.2) is 4.79 Å². The second kappa shape index (κ2) is 7.57. The van der Waals surface area contributed by atoms with Crippen molar-refractivity contribution in [1.82, 2.24) is 15.5 Å². The highest BCUT2D eigenvalue weighted by Crippen LogP contribution is 2.02. The van der Waals surface area contributed by atoms with Gasteiger partial charge in [-0.1, -0.05) is 0 Å². The van der Waals surface area contributed by atoms with Gasteiger partial charge in [0.1, 0.15) is 5.82 Å². The van der Waals surface area contributed by atoms with Gasteiger partial charge in [0, 0.05) is 19.6 Å². The minimum atomic E-state index is -0.507. The summed E-state index contributed by atoms with van der Waals surface area (Å²) >= 11 is 0. The number of aliphatic hydroxyl groups excluding tert-OH is 1. The normalized spacial score (nSPS) is 11.9. The first-order valence-electron chi connectivity index (χ1n) is 5.68. The minimum absolute atomic E-state index is 0.176. The molecule has 0 bridgehead atoms. The second-order valence-corrected chi connectivity index (χ2v) is 3.78. The molecular formula is C11H18N4O3. The molecule has 0 fully saturated rings. The maximum absolute atomic E-state index is 11.1. The zero-order valence-corrected chi connectivity index (χ0v) is 10.5. The first-order chi connectivity index (χ1) is 8.63. The smallest absolute Gasteiger partial charge is 0.358 e. The van der Waals surface area contributed by atoms with Crippen molar-refractivity contribution in [2.75, 3.05) is 32.1 Å². The number of aromatic nitrogens is 2. The molecule has 1 heterocycles. The van der Waals surface area contributed by atoms with Gasteiger partial charge in [-0.2, -0.15) is 0 Å². The van der Waals surface area contributed by atoms with Crippen LogP contribution in [0.25, 0.3) is 0 Å². The molecule has 3 N–H and O–H groups in total. The van der Waals surface area contributed by atoms with E-state index in [0.717, 1.165) is 0 Å². The molecule has 1 unspecified atom stereocenters. The molecular weight excluding hydrogens is 236 g/mol. The lowest BCUT2D eigenvalue weighted by atomic mass is 10.4. The highest BCUT2D eigenvalue weighted by molar-refractivity contribution is 5.86. The number of anilines is 1. The molecule has 0 spiro atoms. The van der Waals surface area contributed by atoms with Crippen molar-refractivity contribution in [3.8, 4) is 0 Å². The van der Waals surface area contributed by atoms with Crippen LogP contribution < -0.4 is 10.6 Å². The number of carbonyl (C=O) groups is 1. The average molecular weight is 254 g/mol. The summed E-state index contributed by atoms with van der Waals surface area (Å²) in [6.07, 6.45) is -0.357. The number of ether oxygens (including phenoxy) is 1. The van der Waals surface area contributed by atoms with Crippen molar-refractivity contribution < 1.29 is 14.6 Å². The van der Waals surface area contributed by atoms with Gasteiger partial charge in [0.15, 0.2) is 5.69 Å². The van der Waals surface area contributed by atoms with Gasteiger partial charge in [-0.05, 0) is 19.1 Å². The Kier molecular flexibility index (Phi) is 6.03. The van der Waals surface area contributed by atoms with Crippen LogP contribution in [0.2, 0.25) is 0 Å². The number of rotatable bonds is 7. The fourth-order valence-corrected chi connectivity index (χ4v) is 1.23. The van der Waals surface area contributed by atoms with Crippen LogP contribution in [0.1, 0.15) is 17.4 Å². The molecule has 100 valence electrons. The van der Waals surface area contributed by atoms with E-state index in [0.29, 0.717) is 25.5 Å². The van der Waals surface area contributed by atoms with E-state index in [2.05, 4.69) is 25.6 Å². The summed E-state index contributed by atoms with van der Waals surface area (Å²) < 4.78 is 4.52. The number of methoxy groups -OCH3 is 1. The zero-order valence-electron chi connectivity index (χ0n) is 10.5.